The van der Waals surface area contributed by atoms with Gasteiger partial charge in [-0.15, -0.1) is 0 Å². The molecule has 5 nitrogen and oxygen atoms in total. The number of hydrogen-bond acceptors (Lipinski definition) is 4. The molecule has 0 aliphatic heterocycles. The van der Waals surface area contributed by atoms with Gasteiger partial charge in [-0.05, 0) is 30.7 Å². The summed E-state index contributed by atoms with van der Waals surface area (Å²) in [5, 5.41) is 3.30. The zero-order chi connectivity index (χ0) is 18.4. The van der Waals surface area contributed by atoms with Crippen molar-refractivity contribution in [1.82, 2.24) is 4.98 Å². The molecule has 3 N–H and O–H groups in total. The number of nitrogens with one attached hydrogen (secondary N) is 1. The molecular formula is C21H21N3O2. The third-order valence-corrected chi connectivity index (χ3v) is 4.11. The molecule has 0 spiro atoms. The molecule has 3 rings (SSSR count). The van der Waals surface area contributed by atoms with Crippen LogP contribution in [0.1, 0.15) is 24.0 Å². The molecule has 1 atom stereocenters. The van der Waals surface area contributed by atoms with E-state index in [0.717, 1.165) is 22.5 Å². The third kappa shape index (κ3) is 4.39. The number of nitrogens with zero attached hydrogens (tertiary/aromatic N) is 1. The van der Waals surface area contributed by atoms with E-state index in [0.29, 0.717) is 12.4 Å². The summed E-state index contributed by atoms with van der Waals surface area (Å²) in [5.74, 6) is -0.181. The van der Waals surface area contributed by atoms with Crippen LogP contribution in [-0.2, 0) is 11.4 Å². The summed E-state index contributed by atoms with van der Waals surface area (Å²) in [5.41, 5.74) is 9.10. The van der Waals surface area contributed by atoms with Crippen molar-refractivity contribution in [3.8, 4) is 5.75 Å². The average molecular weight is 347 g/mol. The highest BCUT2D eigenvalue weighted by molar-refractivity contribution is 5.82. The van der Waals surface area contributed by atoms with Crippen molar-refractivity contribution in [1.29, 1.82) is 0 Å². The minimum atomic E-state index is -0.434. The number of aromatic nitrogens is 1. The molecule has 1 unspecified atom stereocenters. The summed E-state index contributed by atoms with van der Waals surface area (Å²) in [6.07, 6.45) is 3.44. The summed E-state index contributed by atoms with van der Waals surface area (Å²) >= 11 is 0. The van der Waals surface area contributed by atoms with E-state index in [1.807, 2.05) is 60.7 Å². The van der Waals surface area contributed by atoms with Crippen LogP contribution in [0.25, 0.3) is 0 Å². The molecule has 0 saturated heterocycles. The van der Waals surface area contributed by atoms with Crippen molar-refractivity contribution in [2.24, 2.45) is 5.73 Å². The number of rotatable bonds is 7. The number of anilines is 2. The number of pyridine rings is 1. The smallest absolute Gasteiger partial charge is 0.224 e. The van der Waals surface area contributed by atoms with Gasteiger partial charge in [0.2, 0.25) is 5.91 Å². The minimum Gasteiger partial charge on any atom is -0.489 e. The van der Waals surface area contributed by atoms with Crippen LogP contribution in [0.4, 0.5) is 11.4 Å². The van der Waals surface area contributed by atoms with Crippen LogP contribution in [0.15, 0.2) is 73.1 Å². The molecule has 3 aromatic rings. The van der Waals surface area contributed by atoms with E-state index < -0.39 is 5.92 Å². The molecule has 0 aliphatic carbocycles. The first-order valence-corrected chi connectivity index (χ1v) is 8.40. The second kappa shape index (κ2) is 8.16. The largest absolute Gasteiger partial charge is 0.489 e. The van der Waals surface area contributed by atoms with Crippen LogP contribution in [0.5, 0.6) is 5.75 Å². The molecule has 26 heavy (non-hydrogen) atoms. The van der Waals surface area contributed by atoms with Gasteiger partial charge in [-0.3, -0.25) is 9.78 Å². The van der Waals surface area contributed by atoms with E-state index in [2.05, 4.69) is 10.3 Å². The van der Waals surface area contributed by atoms with Gasteiger partial charge >= 0.3 is 0 Å². The molecule has 0 bridgehead atoms. The fourth-order valence-corrected chi connectivity index (χ4v) is 2.59. The number of carbonyl (C=O) groups excluding carboxylic acids is 1. The van der Waals surface area contributed by atoms with Gasteiger partial charge in [0.1, 0.15) is 12.4 Å². The summed E-state index contributed by atoms with van der Waals surface area (Å²) < 4.78 is 6.01. The lowest BCUT2D eigenvalue weighted by molar-refractivity contribution is -0.119. The highest BCUT2D eigenvalue weighted by atomic mass is 16.5. The number of ether oxygens (including phenoxy) is 1. The Morgan fingerprint density at radius 2 is 1.81 bits per heavy atom. The van der Waals surface area contributed by atoms with E-state index in [-0.39, 0.29) is 5.91 Å². The van der Waals surface area contributed by atoms with Crippen LogP contribution < -0.4 is 15.8 Å². The first kappa shape index (κ1) is 17.5. The second-order valence-corrected chi connectivity index (χ2v) is 6.01. The lowest BCUT2D eigenvalue weighted by atomic mass is 9.99. The number of nitrogens with two attached hydrogens (primary N) is 1. The second-order valence-electron chi connectivity index (χ2n) is 6.01. The Kier molecular flexibility index (Phi) is 5.49. The highest BCUT2D eigenvalue weighted by Crippen LogP contribution is 2.31. The summed E-state index contributed by atoms with van der Waals surface area (Å²) in [4.78, 5) is 15.7. The van der Waals surface area contributed by atoms with Gasteiger partial charge in [-0.25, -0.2) is 0 Å². The van der Waals surface area contributed by atoms with Gasteiger partial charge in [-0.1, -0.05) is 36.4 Å². The lowest BCUT2D eigenvalue weighted by Gasteiger charge is -2.17. The molecule has 0 radical (unpaired) electrons. The van der Waals surface area contributed by atoms with E-state index in [1.54, 1.807) is 19.3 Å². The van der Waals surface area contributed by atoms with Crippen LogP contribution in [0.3, 0.4) is 0 Å². The molecule has 132 valence electrons. The molecule has 0 fully saturated rings. The highest BCUT2D eigenvalue weighted by Gasteiger charge is 2.17. The van der Waals surface area contributed by atoms with E-state index in [4.69, 9.17) is 10.5 Å². The van der Waals surface area contributed by atoms with E-state index in [1.165, 1.54) is 0 Å². The third-order valence-electron chi connectivity index (χ3n) is 4.11. The molecular weight excluding hydrogens is 326 g/mol. The normalized spacial score (nSPS) is 11.6. The van der Waals surface area contributed by atoms with Crippen molar-refractivity contribution in [3.05, 3.63) is 84.2 Å². The Morgan fingerprint density at radius 1 is 1.08 bits per heavy atom. The molecule has 1 aromatic heterocycles. The van der Waals surface area contributed by atoms with Gasteiger partial charge in [0.05, 0.1) is 5.92 Å². The van der Waals surface area contributed by atoms with Gasteiger partial charge < -0.3 is 15.8 Å². The number of carbonyl (C=O) groups is 1. The Hall–Kier alpha value is -3.34. The van der Waals surface area contributed by atoms with Gasteiger partial charge in [0.15, 0.2) is 0 Å². The SMILES string of the molecule is CC(C(N)=O)c1ccc(Nc2ccncc2)cc1OCc1ccccc1. The zero-order valence-corrected chi connectivity index (χ0v) is 14.6. The monoisotopic (exact) mass is 347 g/mol. The van der Waals surface area contributed by atoms with E-state index >= 15 is 0 Å². The van der Waals surface area contributed by atoms with Crippen LogP contribution in [0.2, 0.25) is 0 Å². The van der Waals surface area contributed by atoms with Gasteiger partial charge in [0, 0.05) is 35.4 Å². The topological polar surface area (TPSA) is 77.2 Å². The summed E-state index contributed by atoms with van der Waals surface area (Å²) in [6.45, 7) is 2.20. The maximum atomic E-state index is 11.6. The standard InChI is InChI=1S/C21H21N3O2/c1-15(21(22)25)19-8-7-18(24-17-9-11-23-12-10-17)13-20(19)26-14-16-5-3-2-4-6-16/h2-13,15H,14H2,1H3,(H2,22,25)(H,23,24). The van der Waals surface area contributed by atoms with Crippen molar-refractivity contribution < 1.29 is 9.53 Å². The van der Waals surface area contributed by atoms with Crippen LogP contribution in [0, 0.1) is 0 Å². The van der Waals surface area contributed by atoms with Crippen LogP contribution >= 0.6 is 0 Å². The van der Waals surface area contributed by atoms with Crippen molar-refractivity contribution in [2.75, 3.05) is 5.32 Å². The first-order valence-electron chi connectivity index (χ1n) is 8.40. The maximum Gasteiger partial charge on any atom is 0.224 e. The molecule has 5 heteroatoms. The number of hydrogen-bond donors (Lipinski definition) is 2. The number of benzene rings is 2. The van der Waals surface area contributed by atoms with Crippen molar-refractivity contribution in [2.45, 2.75) is 19.4 Å². The van der Waals surface area contributed by atoms with Crippen molar-refractivity contribution >= 4 is 17.3 Å². The summed E-state index contributed by atoms with van der Waals surface area (Å²) in [7, 11) is 0. The van der Waals surface area contributed by atoms with Crippen molar-refractivity contribution in [3.63, 3.8) is 0 Å². The lowest BCUT2D eigenvalue weighted by Crippen LogP contribution is -2.19. The Bertz CT molecular complexity index is 867. The first-order chi connectivity index (χ1) is 12.6. The van der Waals surface area contributed by atoms with Gasteiger partial charge in [0.25, 0.3) is 0 Å². The number of amides is 1. The Balaban J connectivity index is 1.86. The maximum absolute atomic E-state index is 11.6. The molecule has 1 amide bonds. The van der Waals surface area contributed by atoms with Crippen LogP contribution in [-0.4, -0.2) is 10.9 Å². The Labute approximate surface area is 152 Å². The molecule has 0 aliphatic rings. The fraction of sp³-hybridized carbons (Fsp3) is 0.143. The minimum absolute atomic E-state index is 0.385. The summed E-state index contributed by atoms with van der Waals surface area (Å²) in [6, 6.07) is 19.3. The van der Waals surface area contributed by atoms with Gasteiger partial charge in [-0.2, -0.15) is 0 Å². The predicted molar refractivity (Wildman–Crippen MR) is 102 cm³/mol. The molecule has 1 heterocycles. The predicted octanol–water partition coefficient (Wildman–Crippen LogP) is 3.99. The Morgan fingerprint density at radius 3 is 2.50 bits per heavy atom. The quantitative estimate of drug-likeness (QED) is 0.677. The van der Waals surface area contributed by atoms with E-state index in [9.17, 15) is 4.79 Å². The fourth-order valence-electron chi connectivity index (χ4n) is 2.59. The zero-order valence-electron chi connectivity index (χ0n) is 14.6. The molecule has 2 aromatic carbocycles. The number of primary amides is 1. The molecule has 0 saturated carbocycles. The average Bonchev–Trinajstić information content (AvgIpc) is 2.67.